The highest BCUT2D eigenvalue weighted by molar-refractivity contribution is 9.10. The van der Waals surface area contributed by atoms with Gasteiger partial charge in [-0.05, 0) is 48.0 Å². The molecular formula is C22H25BrClN7O4S. The van der Waals surface area contributed by atoms with Crippen LogP contribution >= 0.6 is 38.9 Å². The van der Waals surface area contributed by atoms with Crippen molar-refractivity contribution in [1.82, 2.24) is 30.0 Å². The number of nitrogens with zero attached hydrogens (tertiary/aromatic N) is 5. The largest absolute Gasteiger partial charge is 0.477 e. The Morgan fingerprint density at radius 3 is 2.81 bits per heavy atom. The minimum atomic E-state index is -1.05. The first-order valence-corrected chi connectivity index (χ1v) is 13.5. The first kappa shape index (κ1) is 25.2. The van der Waals surface area contributed by atoms with E-state index in [1.165, 1.54) is 6.33 Å². The number of halogens is 2. The number of anilines is 1. The summed E-state index contributed by atoms with van der Waals surface area (Å²) in [6.07, 6.45) is 3.99. The van der Waals surface area contributed by atoms with Gasteiger partial charge in [0.05, 0.1) is 21.6 Å². The van der Waals surface area contributed by atoms with Crippen molar-refractivity contribution in [1.29, 1.82) is 0 Å². The lowest BCUT2D eigenvalue weighted by atomic mass is 10.0. The Morgan fingerprint density at radius 2 is 2.17 bits per heavy atom. The second-order valence-electron chi connectivity index (χ2n) is 9.03. The predicted octanol–water partition coefficient (Wildman–Crippen LogP) is 3.59. The molecule has 0 spiro atoms. The first-order valence-electron chi connectivity index (χ1n) is 11.5. The molecular weight excluding hydrogens is 574 g/mol. The van der Waals surface area contributed by atoms with Crippen molar-refractivity contribution in [3.8, 4) is 11.5 Å². The number of nitrogens with one attached hydrogen (secondary N) is 2. The molecule has 0 bridgehead atoms. The Morgan fingerprint density at radius 1 is 1.39 bits per heavy atom. The summed E-state index contributed by atoms with van der Waals surface area (Å²) in [5, 5.41) is 18.2. The number of amides is 1. The number of carbonyl (C=O) groups is 2. The molecule has 1 saturated heterocycles. The fourth-order valence-electron chi connectivity index (χ4n) is 4.33. The van der Waals surface area contributed by atoms with Gasteiger partial charge in [0, 0.05) is 32.4 Å². The molecule has 2 aliphatic rings. The van der Waals surface area contributed by atoms with E-state index in [9.17, 15) is 14.7 Å². The molecule has 36 heavy (non-hydrogen) atoms. The topological polar surface area (TPSA) is 138 Å². The number of aryl methyl sites for hydroxylation is 1. The predicted molar refractivity (Wildman–Crippen MR) is 138 cm³/mol. The second-order valence-corrected chi connectivity index (χ2v) is 11.2. The summed E-state index contributed by atoms with van der Waals surface area (Å²) in [6, 6.07) is -0.243. The maximum Gasteiger partial charge on any atom is 0.348 e. The molecule has 192 valence electrons. The molecule has 14 heteroatoms. The Balaban J connectivity index is 1.33. The number of ether oxygens (including phenoxy) is 1. The molecule has 1 aliphatic carbocycles. The Labute approximate surface area is 224 Å². The van der Waals surface area contributed by atoms with Gasteiger partial charge in [-0.25, -0.2) is 19.4 Å². The van der Waals surface area contributed by atoms with Crippen LogP contribution in [0.2, 0.25) is 5.02 Å². The summed E-state index contributed by atoms with van der Waals surface area (Å²) in [4.78, 5) is 39.1. The average molecular weight is 599 g/mol. The van der Waals surface area contributed by atoms with E-state index in [0.717, 1.165) is 24.2 Å². The lowest BCUT2D eigenvalue weighted by Crippen LogP contribution is -2.55. The normalized spacial score (nSPS) is 20.1. The summed E-state index contributed by atoms with van der Waals surface area (Å²) in [6.45, 7) is 3.51. The summed E-state index contributed by atoms with van der Waals surface area (Å²) in [7, 11) is 1.59. The van der Waals surface area contributed by atoms with Gasteiger partial charge in [0.25, 0.3) is 5.91 Å². The highest BCUT2D eigenvalue weighted by Crippen LogP contribution is 2.36. The molecule has 1 amide bonds. The van der Waals surface area contributed by atoms with Gasteiger partial charge in [-0.15, -0.1) is 0 Å². The van der Waals surface area contributed by atoms with Crippen molar-refractivity contribution < 1.29 is 19.4 Å². The molecule has 11 nitrogen and oxygen atoms in total. The van der Waals surface area contributed by atoms with Crippen LogP contribution in [-0.2, 0) is 11.3 Å². The molecule has 2 unspecified atom stereocenters. The molecule has 1 saturated carbocycles. The van der Waals surface area contributed by atoms with E-state index in [2.05, 4.69) is 41.3 Å². The molecule has 5 rings (SSSR count). The van der Waals surface area contributed by atoms with E-state index in [1.54, 1.807) is 18.7 Å². The van der Waals surface area contributed by atoms with E-state index < -0.39 is 5.97 Å². The van der Waals surface area contributed by atoms with Crippen molar-refractivity contribution >= 4 is 55.9 Å². The first-order chi connectivity index (χ1) is 17.3. The summed E-state index contributed by atoms with van der Waals surface area (Å²) >= 11 is 10.7. The van der Waals surface area contributed by atoms with Crippen molar-refractivity contribution in [2.45, 2.75) is 44.9 Å². The van der Waals surface area contributed by atoms with Crippen molar-refractivity contribution in [3.63, 3.8) is 0 Å². The van der Waals surface area contributed by atoms with Gasteiger partial charge in [-0.2, -0.15) is 5.10 Å². The summed E-state index contributed by atoms with van der Waals surface area (Å²) in [5.74, 6) is -0.305. The smallest absolute Gasteiger partial charge is 0.348 e. The fourth-order valence-corrected chi connectivity index (χ4v) is 5.98. The highest BCUT2D eigenvalue weighted by Gasteiger charge is 2.34. The van der Waals surface area contributed by atoms with E-state index >= 15 is 0 Å². The van der Waals surface area contributed by atoms with E-state index in [0.29, 0.717) is 69.5 Å². The Bertz CT molecular complexity index is 1300. The standard InChI is InChI=1S/C22H25BrClN7O4S/c1-10-15(24)14(23)16(27-10)20(32)28-12-5-6-30(8-13(12)35-2)22-29-17(18(36-22)21(33)34)19-25-9-26-31(19)7-11-3-4-11/h9,11-13,27H,3-8H2,1-2H3,(H,28,32)(H,33,34). The second kappa shape index (κ2) is 10.1. The number of carbonyl (C=O) groups excluding carboxylic acids is 1. The quantitative estimate of drug-likeness (QED) is 0.358. The Hall–Kier alpha value is -2.48. The van der Waals surface area contributed by atoms with Crippen LogP contribution in [-0.4, -0.2) is 74.1 Å². The van der Waals surface area contributed by atoms with Crippen LogP contribution in [0.4, 0.5) is 5.13 Å². The number of aromatic nitrogens is 5. The zero-order valence-electron chi connectivity index (χ0n) is 19.6. The third kappa shape index (κ3) is 4.89. The zero-order valence-corrected chi connectivity index (χ0v) is 22.8. The number of aromatic amines is 1. The lowest BCUT2D eigenvalue weighted by Gasteiger charge is -2.37. The number of thiazole rings is 1. The third-order valence-electron chi connectivity index (χ3n) is 6.50. The third-order valence-corrected chi connectivity index (χ3v) is 9.09. The monoisotopic (exact) mass is 597 g/mol. The number of aromatic carboxylic acids is 1. The molecule has 4 heterocycles. The number of rotatable bonds is 8. The van der Waals surface area contributed by atoms with Crippen LogP contribution in [0, 0.1) is 12.8 Å². The molecule has 2 fully saturated rings. The minimum Gasteiger partial charge on any atom is -0.477 e. The molecule has 3 aromatic rings. The van der Waals surface area contributed by atoms with Gasteiger partial charge in [-0.1, -0.05) is 22.9 Å². The SMILES string of the molecule is COC1CN(c2nc(-c3ncnn3CC3CC3)c(C(=O)O)s2)CCC1NC(=O)c1[nH]c(C)c(Cl)c1Br. The molecule has 0 radical (unpaired) electrons. The van der Waals surface area contributed by atoms with E-state index in [1.807, 2.05) is 4.90 Å². The van der Waals surface area contributed by atoms with Crippen molar-refractivity contribution in [2.75, 3.05) is 25.1 Å². The van der Waals surface area contributed by atoms with Gasteiger partial charge >= 0.3 is 5.97 Å². The maximum absolute atomic E-state index is 12.9. The number of hydrogen-bond acceptors (Lipinski definition) is 8. The average Bonchev–Trinajstić information content (AvgIpc) is 3.26. The number of hydrogen-bond donors (Lipinski definition) is 3. The number of H-pyrrole nitrogens is 1. The number of piperidine rings is 1. The van der Waals surface area contributed by atoms with Crippen molar-refractivity contribution in [2.24, 2.45) is 5.92 Å². The number of methoxy groups -OCH3 is 1. The maximum atomic E-state index is 12.9. The minimum absolute atomic E-state index is 0.128. The van der Waals surface area contributed by atoms with Crippen LogP contribution in [0.3, 0.4) is 0 Å². The van der Waals surface area contributed by atoms with Gasteiger partial charge in [0.1, 0.15) is 22.6 Å². The highest BCUT2D eigenvalue weighted by atomic mass is 79.9. The van der Waals surface area contributed by atoms with Crippen LogP contribution in [0.15, 0.2) is 10.8 Å². The summed E-state index contributed by atoms with van der Waals surface area (Å²) < 4.78 is 7.98. The lowest BCUT2D eigenvalue weighted by molar-refractivity contribution is 0.0540. The molecule has 3 aromatic heterocycles. The molecule has 2 atom stereocenters. The van der Waals surface area contributed by atoms with Gasteiger partial charge in [0.15, 0.2) is 11.0 Å². The molecule has 1 aliphatic heterocycles. The molecule has 0 aromatic carbocycles. The fraction of sp³-hybridized carbons (Fsp3) is 0.500. The zero-order chi connectivity index (χ0) is 25.6. The molecule has 3 N–H and O–H groups in total. The summed E-state index contributed by atoms with van der Waals surface area (Å²) in [5.41, 5.74) is 1.39. The van der Waals surface area contributed by atoms with Crippen LogP contribution in [0.5, 0.6) is 0 Å². The van der Waals surface area contributed by atoms with Crippen molar-refractivity contribution in [3.05, 3.63) is 32.1 Å². The van der Waals surface area contributed by atoms with Crippen LogP contribution in [0.25, 0.3) is 11.5 Å². The van der Waals surface area contributed by atoms with Gasteiger partial charge < -0.3 is 25.0 Å². The van der Waals surface area contributed by atoms with E-state index in [-0.39, 0.29) is 22.9 Å². The number of carboxylic acids is 1. The van der Waals surface area contributed by atoms with E-state index in [4.69, 9.17) is 16.3 Å². The van der Waals surface area contributed by atoms with Gasteiger partial charge in [0.2, 0.25) is 0 Å². The van der Waals surface area contributed by atoms with Crippen LogP contribution < -0.4 is 10.2 Å². The Kier molecular flexibility index (Phi) is 7.07. The number of carboxylic acid groups (broad SMARTS) is 1. The van der Waals surface area contributed by atoms with Crippen LogP contribution in [0.1, 0.15) is 45.1 Å². The van der Waals surface area contributed by atoms with Gasteiger partial charge in [-0.3, -0.25) is 4.79 Å².